The average molecular weight is 606 g/mol. The van der Waals surface area contributed by atoms with Gasteiger partial charge in [-0.3, -0.25) is 19.7 Å². The fourth-order valence-electron chi connectivity index (χ4n) is 6.20. The Kier molecular flexibility index (Phi) is 10.7. The van der Waals surface area contributed by atoms with Gasteiger partial charge in [-0.05, 0) is 71.7 Å². The summed E-state index contributed by atoms with van der Waals surface area (Å²) < 4.78 is 4.86. The number of benzene rings is 4. The summed E-state index contributed by atoms with van der Waals surface area (Å²) >= 11 is 0. The van der Waals surface area contributed by atoms with Gasteiger partial charge in [0.1, 0.15) is 0 Å². The molecule has 1 N–H and O–H groups in total. The van der Waals surface area contributed by atoms with Crippen LogP contribution in [-0.4, -0.2) is 47.9 Å². The zero-order valence-corrected chi connectivity index (χ0v) is 25.6. The van der Waals surface area contributed by atoms with Crippen LogP contribution in [0.25, 0.3) is 22.3 Å². The normalized spacial score (nSPS) is 16.1. The lowest BCUT2D eigenvalue weighted by Gasteiger charge is -2.25. The number of aryl methyl sites for hydroxylation is 1. The number of nitro groups is 1. The molecule has 4 aromatic rings. The van der Waals surface area contributed by atoms with Gasteiger partial charge in [-0.1, -0.05) is 84.9 Å². The minimum atomic E-state index is -0.376. The number of nitrogens with zero attached hydrogens (tertiary/aromatic N) is 2. The van der Waals surface area contributed by atoms with E-state index in [0.717, 1.165) is 53.6 Å². The molecular weight excluding hydrogens is 566 g/mol. The molecule has 45 heavy (non-hydrogen) atoms. The number of non-ortho nitro benzene ring substituents is 1. The Morgan fingerprint density at radius 2 is 1.64 bits per heavy atom. The van der Waals surface area contributed by atoms with Gasteiger partial charge in [-0.15, -0.1) is 0 Å². The molecular formula is C37H39N3O5. The third-order valence-electron chi connectivity index (χ3n) is 8.53. The van der Waals surface area contributed by atoms with Crippen molar-refractivity contribution in [2.45, 2.75) is 44.7 Å². The number of nitrogens with one attached hydrogen (secondary N) is 1. The molecule has 1 amide bonds. The van der Waals surface area contributed by atoms with E-state index in [2.05, 4.69) is 41.7 Å². The number of methoxy groups -OCH3 is 1. The number of likely N-dealkylation sites (tertiary alicyclic amines) is 1. The van der Waals surface area contributed by atoms with Crippen LogP contribution in [0, 0.1) is 16.0 Å². The Labute approximate surface area is 264 Å². The van der Waals surface area contributed by atoms with Crippen molar-refractivity contribution in [3.05, 3.63) is 124 Å². The summed E-state index contributed by atoms with van der Waals surface area (Å²) in [6, 6.07) is 33.3. The number of nitro benzene ring substituents is 1. The number of carbonyl (C=O) groups excluding carboxylic acids is 2. The van der Waals surface area contributed by atoms with E-state index in [9.17, 15) is 19.7 Å². The maximum Gasteiger partial charge on any atom is 0.306 e. The van der Waals surface area contributed by atoms with Crippen LogP contribution in [0.2, 0.25) is 0 Å². The second-order valence-corrected chi connectivity index (χ2v) is 11.5. The Morgan fingerprint density at radius 1 is 0.933 bits per heavy atom. The molecule has 1 saturated heterocycles. The van der Waals surface area contributed by atoms with Crippen LogP contribution in [0.1, 0.15) is 36.8 Å². The third kappa shape index (κ3) is 8.22. The number of hydrogen-bond donors (Lipinski definition) is 1. The number of esters is 1. The van der Waals surface area contributed by atoms with Crippen LogP contribution in [0.5, 0.6) is 0 Å². The summed E-state index contributed by atoms with van der Waals surface area (Å²) in [6.07, 6.45) is 3.34. The molecule has 0 spiro atoms. The maximum absolute atomic E-state index is 13.3. The van der Waals surface area contributed by atoms with E-state index < -0.39 is 0 Å². The lowest BCUT2D eigenvalue weighted by atomic mass is 9.95. The quantitative estimate of drug-likeness (QED) is 0.0733. The fourth-order valence-corrected chi connectivity index (χ4v) is 6.20. The van der Waals surface area contributed by atoms with E-state index in [1.165, 1.54) is 18.7 Å². The highest BCUT2D eigenvalue weighted by molar-refractivity contribution is 5.86. The summed E-state index contributed by atoms with van der Waals surface area (Å²) in [5.41, 5.74) is 6.30. The van der Waals surface area contributed by atoms with Gasteiger partial charge in [0.2, 0.25) is 5.91 Å². The topological polar surface area (TPSA) is 102 Å². The Hall–Kier alpha value is -4.82. The van der Waals surface area contributed by atoms with Crippen molar-refractivity contribution in [2.75, 3.05) is 20.2 Å². The minimum absolute atomic E-state index is 0.0486. The van der Waals surface area contributed by atoms with Crippen LogP contribution in [0.4, 0.5) is 5.69 Å². The van der Waals surface area contributed by atoms with Crippen LogP contribution in [0.3, 0.4) is 0 Å². The smallest absolute Gasteiger partial charge is 0.306 e. The molecule has 1 aliphatic heterocycles. The van der Waals surface area contributed by atoms with Gasteiger partial charge in [0, 0.05) is 31.3 Å². The van der Waals surface area contributed by atoms with Crippen molar-refractivity contribution < 1.29 is 19.2 Å². The van der Waals surface area contributed by atoms with Crippen molar-refractivity contribution in [3.8, 4) is 22.3 Å². The fraction of sp³-hybridized carbons (Fsp3) is 0.297. The Morgan fingerprint density at radius 3 is 2.42 bits per heavy atom. The predicted octanol–water partition coefficient (Wildman–Crippen LogP) is 6.82. The number of rotatable bonds is 14. The van der Waals surface area contributed by atoms with E-state index in [-0.39, 0.29) is 40.9 Å². The molecule has 8 heteroatoms. The lowest BCUT2D eigenvalue weighted by molar-refractivity contribution is -0.384. The standard InChI is InChI=1S/C37H39N3O5/c1-45-36(41)25-32-24-33(39(37(32)42)21-9-12-27-10-3-2-4-11-27)19-20-38-26-31-13-5-6-18-35(31)30-16-7-14-28(22-30)29-15-8-17-34(23-29)40(43)44/h2-8,10-11,13-18,22-23,32-33,38H,9,12,19-21,24-26H2,1H3/t32-,33+/m0/s1. The van der Waals surface area contributed by atoms with Gasteiger partial charge in [0.05, 0.1) is 24.4 Å². The largest absolute Gasteiger partial charge is 0.469 e. The maximum atomic E-state index is 13.3. The van der Waals surface area contributed by atoms with E-state index in [1.54, 1.807) is 12.1 Å². The van der Waals surface area contributed by atoms with Gasteiger partial charge in [0.25, 0.3) is 5.69 Å². The molecule has 0 aromatic heterocycles. The summed E-state index contributed by atoms with van der Waals surface area (Å²) in [4.78, 5) is 38.2. The zero-order chi connectivity index (χ0) is 31.6. The van der Waals surface area contributed by atoms with E-state index in [0.29, 0.717) is 19.5 Å². The second-order valence-electron chi connectivity index (χ2n) is 11.5. The van der Waals surface area contributed by atoms with Crippen molar-refractivity contribution in [3.63, 3.8) is 0 Å². The van der Waals surface area contributed by atoms with Crippen molar-refractivity contribution in [1.82, 2.24) is 10.2 Å². The molecule has 0 saturated carbocycles. The summed E-state index contributed by atoms with van der Waals surface area (Å²) in [6.45, 7) is 2.04. The molecule has 4 aromatic carbocycles. The van der Waals surface area contributed by atoms with E-state index >= 15 is 0 Å². The summed E-state index contributed by atoms with van der Waals surface area (Å²) in [5, 5.41) is 14.9. The van der Waals surface area contributed by atoms with E-state index in [4.69, 9.17) is 4.74 Å². The molecule has 2 atom stereocenters. The number of carbonyl (C=O) groups is 2. The van der Waals surface area contributed by atoms with Crippen molar-refractivity contribution in [1.29, 1.82) is 0 Å². The molecule has 8 nitrogen and oxygen atoms in total. The van der Waals surface area contributed by atoms with Gasteiger partial charge in [-0.25, -0.2) is 0 Å². The van der Waals surface area contributed by atoms with Gasteiger partial charge < -0.3 is 15.0 Å². The number of amides is 1. The summed E-state index contributed by atoms with van der Waals surface area (Å²) in [5.74, 6) is -0.631. The van der Waals surface area contributed by atoms with Gasteiger partial charge in [0.15, 0.2) is 0 Å². The molecule has 0 radical (unpaired) electrons. The minimum Gasteiger partial charge on any atom is -0.469 e. The SMILES string of the molecule is COC(=O)C[C@@H]1C[C@@H](CCNCc2ccccc2-c2cccc(-c3cccc([N+](=O)[O-])c3)c2)N(CCCc2ccccc2)C1=O. The number of ether oxygens (including phenoxy) is 1. The highest BCUT2D eigenvalue weighted by atomic mass is 16.6. The third-order valence-corrected chi connectivity index (χ3v) is 8.53. The number of hydrogen-bond acceptors (Lipinski definition) is 6. The highest BCUT2D eigenvalue weighted by Crippen LogP contribution is 2.32. The first-order valence-corrected chi connectivity index (χ1v) is 15.5. The predicted molar refractivity (Wildman–Crippen MR) is 175 cm³/mol. The molecule has 0 aliphatic carbocycles. The first kappa shape index (κ1) is 31.6. The zero-order valence-electron chi connectivity index (χ0n) is 25.6. The molecule has 1 aliphatic rings. The van der Waals surface area contributed by atoms with Crippen LogP contribution < -0.4 is 5.32 Å². The molecule has 5 rings (SSSR count). The molecule has 232 valence electrons. The monoisotopic (exact) mass is 605 g/mol. The Bertz CT molecular complexity index is 1620. The van der Waals surface area contributed by atoms with E-state index in [1.807, 2.05) is 53.4 Å². The van der Waals surface area contributed by atoms with Crippen molar-refractivity contribution in [2.24, 2.45) is 5.92 Å². The van der Waals surface area contributed by atoms with Crippen molar-refractivity contribution >= 4 is 17.6 Å². The Balaban J connectivity index is 1.22. The van der Waals surface area contributed by atoms with Crippen LogP contribution in [0.15, 0.2) is 103 Å². The van der Waals surface area contributed by atoms with Gasteiger partial charge >= 0.3 is 5.97 Å². The molecule has 1 fully saturated rings. The van der Waals surface area contributed by atoms with Crippen LogP contribution >= 0.6 is 0 Å². The van der Waals surface area contributed by atoms with Gasteiger partial charge in [-0.2, -0.15) is 0 Å². The first-order chi connectivity index (χ1) is 21.9. The highest BCUT2D eigenvalue weighted by Gasteiger charge is 2.39. The second kappa shape index (κ2) is 15.3. The summed E-state index contributed by atoms with van der Waals surface area (Å²) in [7, 11) is 1.36. The molecule has 1 heterocycles. The average Bonchev–Trinajstić information content (AvgIpc) is 3.36. The van der Waals surface area contributed by atoms with Crippen LogP contribution in [-0.2, 0) is 27.3 Å². The first-order valence-electron chi connectivity index (χ1n) is 15.5. The lowest BCUT2D eigenvalue weighted by Crippen LogP contribution is -2.36. The molecule has 0 unspecified atom stereocenters. The molecule has 0 bridgehead atoms.